The Labute approximate surface area is 66.4 Å². The zero-order chi connectivity index (χ0) is 8.27. The highest BCUT2D eigenvalue weighted by Crippen LogP contribution is 2.24. The van der Waals surface area contributed by atoms with Crippen molar-refractivity contribution in [1.29, 1.82) is 0 Å². The smallest absolute Gasteiger partial charge is 0.169 e. The van der Waals surface area contributed by atoms with Crippen molar-refractivity contribution in [2.24, 2.45) is 0 Å². The van der Waals surface area contributed by atoms with Crippen molar-refractivity contribution < 1.29 is 9.84 Å². The van der Waals surface area contributed by atoms with Gasteiger partial charge in [-0.3, -0.25) is 0 Å². The SMILES string of the molecule is CC(C)Oc1[c]cccc1O. The lowest BCUT2D eigenvalue weighted by Crippen LogP contribution is -2.05. The van der Waals surface area contributed by atoms with Crippen molar-refractivity contribution in [1.82, 2.24) is 0 Å². The summed E-state index contributed by atoms with van der Waals surface area (Å²) in [5, 5.41) is 9.20. The summed E-state index contributed by atoms with van der Waals surface area (Å²) < 4.78 is 5.24. The Kier molecular flexibility index (Phi) is 2.36. The molecule has 0 aromatic heterocycles. The second kappa shape index (κ2) is 3.28. The molecule has 0 spiro atoms. The van der Waals surface area contributed by atoms with E-state index in [9.17, 15) is 5.11 Å². The summed E-state index contributed by atoms with van der Waals surface area (Å²) in [7, 11) is 0. The van der Waals surface area contributed by atoms with E-state index in [-0.39, 0.29) is 11.9 Å². The van der Waals surface area contributed by atoms with Gasteiger partial charge < -0.3 is 9.84 Å². The highest BCUT2D eigenvalue weighted by Gasteiger charge is 2.01. The van der Waals surface area contributed by atoms with Crippen LogP contribution in [-0.2, 0) is 0 Å². The third-order valence-electron chi connectivity index (χ3n) is 1.15. The number of rotatable bonds is 2. The number of para-hydroxylation sites is 1. The third kappa shape index (κ3) is 2.15. The number of phenols is 1. The molecule has 1 aromatic rings. The normalized spacial score (nSPS) is 10.1. The Balaban J connectivity index is 2.78. The third-order valence-corrected chi connectivity index (χ3v) is 1.15. The van der Waals surface area contributed by atoms with Crippen LogP contribution in [0.3, 0.4) is 0 Å². The van der Waals surface area contributed by atoms with Gasteiger partial charge in [0, 0.05) is 6.07 Å². The van der Waals surface area contributed by atoms with E-state index in [0.29, 0.717) is 5.75 Å². The largest absolute Gasteiger partial charge is 0.504 e. The highest BCUT2D eigenvalue weighted by atomic mass is 16.5. The first-order valence-electron chi connectivity index (χ1n) is 3.56. The summed E-state index contributed by atoms with van der Waals surface area (Å²) in [4.78, 5) is 0. The quantitative estimate of drug-likeness (QED) is 0.700. The van der Waals surface area contributed by atoms with Crippen LogP contribution in [0.1, 0.15) is 13.8 Å². The molecule has 0 aliphatic carbocycles. The lowest BCUT2D eigenvalue weighted by atomic mass is 10.3. The average Bonchev–Trinajstić information content (AvgIpc) is 1.93. The molecule has 0 saturated carbocycles. The van der Waals surface area contributed by atoms with Gasteiger partial charge in [0.1, 0.15) is 0 Å². The minimum Gasteiger partial charge on any atom is -0.504 e. The fourth-order valence-corrected chi connectivity index (χ4v) is 0.743. The van der Waals surface area contributed by atoms with Crippen molar-refractivity contribution in [2.45, 2.75) is 20.0 Å². The van der Waals surface area contributed by atoms with E-state index in [1.54, 1.807) is 18.2 Å². The van der Waals surface area contributed by atoms with E-state index in [2.05, 4.69) is 6.07 Å². The molecule has 0 atom stereocenters. The molecule has 0 aliphatic heterocycles. The molecule has 0 saturated heterocycles. The maximum absolute atomic E-state index is 9.20. The number of benzene rings is 1. The summed E-state index contributed by atoms with van der Waals surface area (Å²) in [6.45, 7) is 3.81. The first kappa shape index (κ1) is 7.92. The second-order valence-electron chi connectivity index (χ2n) is 2.55. The molecule has 0 fully saturated rings. The number of hydrogen-bond donors (Lipinski definition) is 1. The van der Waals surface area contributed by atoms with E-state index in [4.69, 9.17) is 4.74 Å². The molecule has 0 amide bonds. The molecule has 1 rings (SSSR count). The van der Waals surface area contributed by atoms with Crippen LogP contribution < -0.4 is 4.74 Å². The number of ether oxygens (including phenoxy) is 1. The van der Waals surface area contributed by atoms with Crippen LogP contribution in [-0.4, -0.2) is 11.2 Å². The zero-order valence-electron chi connectivity index (χ0n) is 6.66. The Morgan fingerprint density at radius 1 is 1.55 bits per heavy atom. The van der Waals surface area contributed by atoms with Gasteiger partial charge in [-0.25, -0.2) is 0 Å². The van der Waals surface area contributed by atoms with Gasteiger partial charge in [0.25, 0.3) is 0 Å². The molecule has 59 valence electrons. The van der Waals surface area contributed by atoms with Crippen molar-refractivity contribution in [3.63, 3.8) is 0 Å². The molecule has 0 unspecified atom stereocenters. The first-order chi connectivity index (χ1) is 5.20. The Morgan fingerprint density at radius 2 is 2.27 bits per heavy atom. The van der Waals surface area contributed by atoms with Gasteiger partial charge in [0.2, 0.25) is 0 Å². The van der Waals surface area contributed by atoms with Crippen molar-refractivity contribution in [3.05, 3.63) is 24.3 Å². The van der Waals surface area contributed by atoms with E-state index in [1.807, 2.05) is 13.8 Å². The van der Waals surface area contributed by atoms with Crippen LogP contribution in [0.5, 0.6) is 11.5 Å². The number of aromatic hydroxyl groups is 1. The fraction of sp³-hybridized carbons (Fsp3) is 0.333. The van der Waals surface area contributed by atoms with Gasteiger partial charge in [-0.1, -0.05) is 12.1 Å². The monoisotopic (exact) mass is 151 g/mol. The lowest BCUT2D eigenvalue weighted by Gasteiger charge is -2.09. The van der Waals surface area contributed by atoms with Crippen molar-refractivity contribution in [2.75, 3.05) is 0 Å². The topological polar surface area (TPSA) is 29.5 Å². The van der Waals surface area contributed by atoms with E-state index in [0.717, 1.165) is 0 Å². The summed E-state index contributed by atoms with van der Waals surface area (Å²) >= 11 is 0. The minimum atomic E-state index is 0.0690. The molecule has 1 N–H and O–H groups in total. The Bertz CT molecular complexity index is 231. The molecule has 1 aromatic carbocycles. The molecular weight excluding hydrogens is 140 g/mol. The predicted molar refractivity (Wildman–Crippen MR) is 42.7 cm³/mol. The molecule has 0 bridgehead atoms. The number of hydrogen-bond acceptors (Lipinski definition) is 2. The molecular formula is C9H11O2. The summed E-state index contributed by atoms with van der Waals surface area (Å²) in [5.74, 6) is 0.559. The van der Waals surface area contributed by atoms with Crippen LogP contribution in [0, 0.1) is 6.07 Å². The highest BCUT2D eigenvalue weighted by molar-refractivity contribution is 5.36. The molecule has 11 heavy (non-hydrogen) atoms. The molecule has 0 heterocycles. The van der Waals surface area contributed by atoms with Crippen LogP contribution in [0.4, 0.5) is 0 Å². The zero-order valence-corrected chi connectivity index (χ0v) is 6.66. The maximum Gasteiger partial charge on any atom is 0.169 e. The van der Waals surface area contributed by atoms with Gasteiger partial charge in [0.15, 0.2) is 11.5 Å². The average molecular weight is 151 g/mol. The molecule has 0 aliphatic rings. The summed E-state index contributed by atoms with van der Waals surface area (Å²) in [5.41, 5.74) is 0. The van der Waals surface area contributed by atoms with E-state index < -0.39 is 0 Å². The van der Waals surface area contributed by atoms with Gasteiger partial charge in [-0.05, 0) is 19.9 Å². The van der Waals surface area contributed by atoms with Gasteiger partial charge in [-0.2, -0.15) is 0 Å². The number of phenolic OH excluding ortho intramolecular Hbond substituents is 1. The summed E-state index contributed by atoms with van der Waals surface area (Å²) in [6.07, 6.45) is 0.0690. The van der Waals surface area contributed by atoms with Crippen molar-refractivity contribution in [3.8, 4) is 11.5 Å². The standard InChI is InChI=1S/C9H11O2/c1-7(2)11-9-6-4-3-5-8(9)10/h3-5,7,10H,1-2H3. The minimum absolute atomic E-state index is 0.0690. The van der Waals surface area contributed by atoms with E-state index in [1.165, 1.54) is 0 Å². The fourth-order valence-electron chi connectivity index (χ4n) is 0.743. The van der Waals surface area contributed by atoms with E-state index >= 15 is 0 Å². The van der Waals surface area contributed by atoms with Gasteiger partial charge in [-0.15, -0.1) is 0 Å². The molecule has 2 nitrogen and oxygen atoms in total. The maximum atomic E-state index is 9.20. The van der Waals surface area contributed by atoms with Crippen molar-refractivity contribution >= 4 is 0 Å². The summed E-state index contributed by atoms with van der Waals surface area (Å²) in [6, 6.07) is 7.79. The van der Waals surface area contributed by atoms with Crippen LogP contribution in [0.15, 0.2) is 18.2 Å². The molecule has 2 heteroatoms. The predicted octanol–water partition coefficient (Wildman–Crippen LogP) is 1.98. The lowest BCUT2D eigenvalue weighted by molar-refractivity contribution is 0.231. The second-order valence-corrected chi connectivity index (χ2v) is 2.55. The first-order valence-corrected chi connectivity index (χ1v) is 3.56. The van der Waals surface area contributed by atoms with Crippen LogP contribution in [0.2, 0.25) is 0 Å². The Morgan fingerprint density at radius 3 is 2.82 bits per heavy atom. The Hall–Kier alpha value is -1.18. The van der Waals surface area contributed by atoms with Crippen LogP contribution >= 0.6 is 0 Å². The van der Waals surface area contributed by atoms with Gasteiger partial charge >= 0.3 is 0 Å². The van der Waals surface area contributed by atoms with Crippen LogP contribution in [0.25, 0.3) is 0 Å². The molecule has 1 radical (unpaired) electrons. The van der Waals surface area contributed by atoms with Gasteiger partial charge in [0.05, 0.1) is 6.10 Å².